The summed E-state index contributed by atoms with van der Waals surface area (Å²) in [5.74, 6) is 1.32. The van der Waals surface area contributed by atoms with E-state index in [2.05, 4.69) is 26.0 Å². The van der Waals surface area contributed by atoms with Gasteiger partial charge in [0.2, 0.25) is 0 Å². The summed E-state index contributed by atoms with van der Waals surface area (Å²) >= 11 is 6.15. The third-order valence-corrected chi connectivity index (χ3v) is 3.93. The number of halogens is 1. The highest BCUT2D eigenvalue weighted by molar-refractivity contribution is 6.31. The van der Waals surface area contributed by atoms with E-state index in [1.807, 2.05) is 36.4 Å². The monoisotopic (exact) mass is 314 g/mol. The molecule has 0 N–H and O–H groups in total. The molecule has 0 aromatic heterocycles. The minimum absolute atomic E-state index is 0.572. The molecule has 0 fully saturated rings. The smallest absolute Gasteiger partial charge is 0.181 e. The molecule has 2 nitrogen and oxygen atoms in total. The van der Waals surface area contributed by atoms with Crippen LogP contribution in [-0.4, -0.2) is 6.61 Å². The Morgan fingerprint density at radius 2 is 1.73 bits per heavy atom. The van der Waals surface area contributed by atoms with E-state index in [-0.39, 0.29) is 0 Å². The topological polar surface area (TPSA) is 18.5 Å². The first kappa shape index (κ1) is 15.1. The third-order valence-electron chi connectivity index (χ3n) is 3.70. The minimum atomic E-state index is 0.572. The van der Waals surface area contributed by atoms with Crippen molar-refractivity contribution in [3.8, 4) is 5.75 Å². The van der Waals surface area contributed by atoms with Crippen LogP contribution in [0.25, 0.3) is 21.5 Å². The predicted octanol–water partition coefficient (Wildman–Crippen LogP) is 6.00. The van der Waals surface area contributed by atoms with Gasteiger partial charge in [-0.25, -0.2) is 0 Å². The second-order valence-electron chi connectivity index (χ2n) is 5.88. The summed E-state index contributed by atoms with van der Waals surface area (Å²) in [7, 11) is 0. The van der Waals surface area contributed by atoms with Gasteiger partial charge in [-0.1, -0.05) is 55.8 Å². The van der Waals surface area contributed by atoms with Crippen molar-refractivity contribution in [2.45, 2.75) is 20.3 Å². The number of benzene rings is 3. The molecule has 0 amide bonds. The van der Waals surface area contributed by atoms with Crippen LogP contribution < -0.4 is 4.89 Å². The second-order valence-corrected chi connectivity index (χ2v) is 6.32. The highest BCUT2D eigenvalue weighted by Gasteiger charge is 2.10. The predicted molar refractivity (Wildman–Crippen MR) is 92.5 cm³/mol. The van der Waals surface area contributed by atoms with Gasteiger partial charge in [-0.3, -0.25) is 0 Å². The van der Waals surface area contributed by atoms with Crippen LogP contribution in [0.1, 0.15) is 20.3 Å². The Morgan fingerprint density at radius 1 is 0.955 bits per heavy atom. The van der Waals surface area contributed by atoms with Gasteiger partial charge in [-0.15, -0.1) is 0 Å². The summed E-state index contributed by atoms with van der Waals surface area (Å²) in [5.41, 5.74) is 0. The van der Waals surface area contributed by atoms with Gasteiger partial charge in [-0.05, 0) is 41.3 Å². The van der Waals surface area contributed by atoms with Crippen molar-refractivity contribution in [3.63, 3.8) is 0 Å². The fraction of sp³-hybridized carbons (Fsp3) is 0.263. The average molecular weight is 315 g/mol. The lowest BCUT2D eigenvalue weighted by Gasteiger charge is -2.12. The Kier molecular flexibility index (Phi) is 4.51. The Labute approximate surface area is 135 Å². The summed E-state index contributed by atoms with van der Waals surface area (Å²) in [6.07, 6.45) is 0.962. The van der Waals surface area contributed by atoms with Gasteiger partial charge in [0.1, 0.15) is 0 Å². The summed E-state index contributed by atoms with van der Waals surface area (Å²) in [5, 5.41) is 4.90. The zero-order valence-electron chi connectivity index (χ0n) is 12.8. The second kappa shape index (κ2) is 6.55. The van der Waals surface area contributed by atoms with Crippen molar-refractivity contribution in [3.05, 3.63) is 53.6 Å². The van der Waals surface area contributed by atoms with E-state index in [1.54, 1.807) is 0 Å². The van der Waals surface area contributed by atoms with Gasteiger partial charge >= 0.3 is 0 Å². The molecule has 3 aromatic carbocycles. The molecule has 0 aliphatic carbocycles. The van der Waals surface area contributed by atoms with Crippen LogP contribution in [0.2, 0.25) is 5.02 Å². The maximum Gasteiger partial charge on any atom is 0.181 e. The van der Waals surface area contributed by atoms with Crippen molar-refractivity contribution in [1.29, 1.82) is 0 Å². The van der Waals surface area contributed by atoms with Crippen LogP contribution >= 0.6 is 11.6 Å². The molecule has 3 rings (SSSR count). The first-order valence-electron chi connectivity index (χ1n) is 7.55. The summed E-state index contributed by atoms with van der Waals surface area (Å²) in [6, 6.07) is 16.1. The molecular formula is C19H19ClO2. The lowest BCUT2D eigenvalue weighted by Crippen LogP contribution is -2.03. The van der Waals surface area contributed by atoms with Crippen LogP contribution in [0.4, 0.5) is 0 Å². The molecule has 0 bridgehead atoms. The van der Waals surface area contributed by atoms with Crippen LogP contribution in [0.3, 0.4) is 0 Å². The molecule has 114 valence electrons. The molecule has 0 atom stereocenters. The molecule has 3 aromatic rings. The highest BCUT2D eigenvalue weighted by atomic mass is 35.5. The molecule has 0 aliphatic rings. The van der Waals surface area contributed by atoms with E-state index >= 15 is 0 Å². The van der Waals surface area contributed by atoms with Gasteiger partial charge in [0, 0.05) is 15.8 Å². The lowest BCUT2D eigenvalue weighted by molar-refractivity contribution is -0.206. The molecule has 0 heterocycles. The third kappa shape index (κ3) is 3.18. The highest BCUT2D eigenvalue weighted by Crippen LogP contribution is 2.36. The van der Waals surface area contributed by atoms with Gasteiger partial charge in [0.15, 0.2) is 5.75 Å². The fourth-order valence-electron chi connectivity index (χ4n) is 2.47. The number of fused-ring (bicyclic) bond motifs is 2. The molecule has 0 saturated carbocycles. The van der Waals surface area contributed by atoms with E-state index in [1.165, 1.54) is 0 Å². The van der Waals surface area contributed by atoms with Crippen molar-refractivity contribution in [2.24, 2.45) is 5.92 Å². The molecule has 0 spiro atoms. The zero-order chi connectivity index (χ0) is 15.5. The van der Waals surface area contributed by atoms with Gasteiger partial charge in [-0.2, -0.15) is 4.89 Å². The zero-order valence-corrected chi connectivity index (χ0v) is 13.6. The van der Waals surface area contributed by atoms with Crippen molar-refractivity contribution in [2.75, 3.05) is 6.61 Å². The van der Waals surface area contributed by atoms with Gasteiger partial charge in [0.05, 0.1) is 6.61 Å². The number of rotatable bonds is 5. The molecule has 22 heavy (non-hydrogen) atoms. The van der Waals surface area contributed by atoms with Crippen LogP contribution in [0.15, 0.2) is 48.5 Å². The molecular weight excluding hydrogens is 296 g/mol. The number of hydrogen-bond acceptors (Lipinski definition) is 2. The summed E-state index contributed by atoms with van der Waals surface area (Å²) in [6.45, 7) is 4.90. The van der Waals surface area contributed by atoms with E-state index in [9.17, 15) is 0 Å². The van der Waals surface area contributed by atoms with Crippen molar-refractivity contribution >= 4 is 33.1 Å². The van der Waals surface area contributed by atoms with Crippen LogP contribution in [-0.2, 0) is 4.89 Å². The lowest BCUT2D eigenvalue weighted by atomic mass is 10.0. The van der Waals surface area contributed by atoms with Crippen LogP contribution in [0, 0.1) is 5.92 Å². The summed E-state index contributed by atoms with van der Waals surface area (Å²) < 4.78 is 0. The molecule has 0 unspecified atom stereocenters. The molecule has 0 radical (unpaired) electrons. The fourth-order valence-corrected chi connectivity index (χ4v) is 2.64. The van der Waals surface area contributed by atoms with Crippen molar-refractivity contribution < 1.29 is 9.78 Å². The first-order valence-corrected chi connectivity index (χ1v) is 7.93. The Hall–Kier alpha value is -1.77. The average Bonchev–Trinajstić information content (AvgIpc) is 2.50. The van der Waals surface area contributed by atoms with E-state index in [4.69, 9.17) is 21.4 Å². The van der Waals surface area contributed by atoms with Crippen molar-refractivity contribution in [1.82, 2.24) is 0 Å². The Balaban J connectivity index is 2.04. The normalized spacial score (nSPS) is 11.5. The standard InChI is InChI=1S/C19H19ClO2/c1-13(2)9-10-21-22-19-17-6-4-3-5-14(17)11-15-7-8-16(20)12-18(15)19/h3-8,11-13H,9-10H2,1-2H3. The quantitative estimate of drug-likeness (QED) is 0.249. The number of hydrogen-bond donors (Lipinski definition) is 0. The minimum Gasteiger partial charge on any atom is -0.336 e. The van der Waals surface area contributed by atoms with Gasteiger partial charge < -0.3 is 4.89 Å². The largest absolute Gasteiger partial charge is 0.336 e. The SMILES string of the molecule is CC(C)CCOOc1c2ccccc2cc2ccc(Cl)cc12. The van der Waals surface area contributed by atoms with Gasteiger partial charge in [0.25, 0.3) is 0 Å². The maximum atomic E-state index is 6.15. The van der Waals surface area contributed by atoms with E-state index in [0.717, 1.165) is 33.7 Å². The molecule has 0 saturated heterocycles. The van der Waals surface area contributed by atoms with E-state index < -0.39 is 0 Å². The van der Waals surface area contributed by atoms with Crippen LogP contribution in [0.5, 0.6) is 5.75 Å². The molecule has 0 aliphatic heterocycles. The maximum absolute atomic E-state index is 6.15. The summed E-state index contributed by atoms with van der Waals surface area (Å²) in [4.78, 5) is 11.1. The van der Waals surface area contributed by atoms with E-state index in [0.29, 0.717) is 17.5 Å². The Morgan fingerprint density at radius 3 is 2.55 bits per heavy atom. The first-order chi connectivity index (χ1) is 10.6. The Bertz CT molecular complexity index is 796. The molecule has 3 heteroatoms.